The van der Waals surface area contributed by atoms with Crippen molar-refractivity contribution in [2.75, 3.05) is 23.7 Å². The van der Waals surface area contributed by atoms with Gasteiger partial charge in [-0.05, 0) is 61.1 Å². The zero-order chi connectivity index (χ0) is 26.3. The van der Waals surface area contributed by atoms with Gasteiger partial charge < -0.3 is 20.3 Å². The van der Waals surface area contributed by atoms with Gasteiger partial charge in [-0.2, -0.15) is 0 Å². The first kappa shape index (κ1) is 25.7. The van der Waals surface area contributed by atoms with Gasteiger partial charge in [0.25, 0.3) is 5.91 Å². The SMILES string of the molecule is CCc1cn2c3c(cc(C(=O)N[C@@H](Cc4cccc(F)c4)[C@H](O)CNC4CC4)cc13)N(C)S(=O)(=O)CC2. The monoisotopic (exact) mass is 528 g/mol. The highest BCUT2D eigenvalue weighted by molar-refractivity contribution is 7.92. The van der Waals surface area contributed by atoms with E-state index < -0.39 is 28.1 Å². The smallest absolute Gasteiger partial charge is 0.251 e. The number of anilines is 1. The van der Waals surface area contributed by atoms with Crippen LogP contribution in [0.25, 0.3) is 10.9 Å². The van der Waals surface area contributed by atoms with Crippen molar-refractivity contribution in [2.45, 2.75) is 57.3 Å². The lowest BCUT2D eigenvalue weighted by molar-refractivity contribution is 0.0830. The molecule has 8 nitrogen and oxygen atoms in total. The zero-order valence-electron chi connectivity index (χ0n) is 21.1. The number of carbonyl (C=O) groups excluding carboxylic acids is 1. The summed E-state index contributed by atoms with van der Waals surface area (Å²) in [5.41, 5.74) is 3.25. The number of aromatic nitrogens is 1. The number of sulfonamides is 1. The van der Waals surface area contributed by atoms with Gasteiger partial charge in [0.15, 0.2) is 0 Å². The number of aliphatic hydroxyl groups is 1. The Morgan fingerprint density at radius 3 is 2.73 bits per heavy atom. The highest BCUT2D eigenvalue weighted by Crippen LogP contribution is 2.35. The molecule has 3 N–H and O–H groups in total. The van der Waals surface area contributed by atoms with Crippen molar-refractivity contribution in [3.63, 3.8) is 0 Å². The molecule has 1 aliphatic heterocycles. The number of amides is 1. The van der Waals surface area contributed by atoms with E-state index >= 15 is 0 Å². The Morgan fingerprint density at radius 2 is 2.03 bits per heavy atom. The largest absolute Gasteiger partial charge is 0.390 e. The normalized spacial score (nSPS) is 18.4. The molecule has 2 aromatic carbocycles. The molecule has 1 saturated carbocycles. The van der Waals surface area contributed by atoms with Crippen molar-refractivity contribution in [3.05, 3.63) is 65.1 Å². The van der Waals surface area contributed by atoms with Crippen LogP contribution in [0.3, 0.4) is 0 Å². The van der Waals surface area contributed by atoms with Crippen LogP contribution in [0.15, 0.2) is 42.6 Å². The van der Waals surface area contributed by atoms with Gasteiger partial charge in [-0.3, -0.25) is 9.10 Å². The first-order chi connectivity index (χ1) is 17.7. The summed E-state index contributed by atoms with van der Waals surface area (Å²) < 4.78 is 42.7. The minimum absolute atomic E-state index is 0.0253. The molecular weight excluding hydrogens is 495 g/mol. The first-order valence-corrected chi connectivity index (χ1v) is 14.4. The van der Waals surface area contributed by atoms with Gasteiger partial charge in [0, 0.05) is 43.3 Å². The van der Waals surface area contributed by atoms with Crippen LogP contribution < -0.4 is 14.9 Å². The summed E-state index contributed by atoms with van der Waals surface area (Å²) in [6.45, 7) is 2.67. The van der Waals surface area contributed by atoms with E-state index in [1.165, 1.54) is 23.5 Å². The van der Waals surface area contributed by atoms with E-state index in [0.717, 1.165) is 35.7 Å². The lowest BCUT2D eigenvalue weighted by Gasteiger charge is -2.25. The number of halogens is 1. The molecule has 0 saturated heterocycles. The van der Waals surface area contributed by atoms with Gasteiger partial charge >= 0.3 is 0 Å². The van der Waals surface area contributed by atoms with Crippen molar-refractivity contribution in [3.8, 4) is 0 Å². The summed E-state index contributed by atoms with van der Waals surface area (Å²) in [6, 6.07) is 9.23. The minimum Gasteiger partial charge on any atom is -0.390 e. The van der Waals surface area contributed by atoms with Crippen LogP contribution in [0, 0.1) is 5.82 Å². The quantitative estimate of drug-likeness (QED) is 0.396. The summed E-state index contributed by atoms with van der Waals surface area (Å²) >= 11 is 0. The molecule has 198 valence electrons. The van der Waals surface area contributed by atoms with Crippen molar-refractivity contribution in [2.24, 2.45) is 0 Å². The number of hydrogen-bond acceptors (Lipinski definition) is 5. The Bertz CT molecular complexity index is 1430. The third-order valence-electron chi connectivity index (χ3n) is 7.34. The van der Waals surface area contributed by atoms with Crippen LogP contribution in [0.4, 0.5) is 10.1 Å². The average Bonchev–Trinajstić information content (AvgIpc) is 3.64. The van der Waals surface area contributed by atoms with E-state index in [2.05, 4.69) is 10.6 Å². The molecule has 5 rings (SSSR count). The van der Waals surface area contributed by atoms with Crippen molar-refractivity contribution < 1.29 is 22.7 Å². The lowest BCUT2D eigenvalue weighted by Crippen LogP contribution is -2.49. The molecule has 1 aromatic heterocycles. The summed E-state index contributed by atoms with van der Waals surface area (Å²) in [5, 5.41) is 18.0. The first-order valence-electron chi connectivity index (χ1n) is 12.8. The second-order valence-corrected chi connectivity index (χ2v) is 12.2. The molecule has 1 aliphatic carbocycles. The van der Waals surface area contributed by atoms with E-state index in [4.69, 9.17) is 0 Å². The summed E-state index contributed by atoms with van der Waals surface area (Å²) in [7, 11) is -2.02. The molecule has 0 spiro atoms. The van der Waals surface area contributed by atoms with Crippen molar-refractivity contribution >= 4 is 32.5 Å². The van der Waals surface area contributed by atoms with Crippen molar-refractivity contribution in [1.29, 1.82) is 0 Å². The van der Waals surface area contributed by atoms with Crippen LogP contribution in [0.2, 0.25) is 0 Å². The van der Waals surface area contributed by atoms with E-state index in [9.17, 15) is 22.7 Å². The fraction of sp³-hybridized carbons (Fsp3) is 0.444. The number of nitrogens with one attached hydrogen (secondary N) is 2. The Labute approximate surface area is 216 Å². The van der Waals surface area contributed by atoms with Gasteiger partial charge in [0.05, 0.1) is 29.1 Å². The molecule has 0 radical (unpaired) electrons. The molecule has 2 heterocycles. The van der Waals surface area contributed by atoms with Gasteiger partial charge in [0.1, 0.15) is 5.82 Å². The third-order valence-corrected chi connectivity index (χ3v) is 9.07. The van der Waals surface area contributed by atoms with Crippen molar-refractivity contribution in [1.82, 2.24) is 15.2 Å². The van der Waals surface area contributed by atoms with Crippen LogP contribution >= 0.6 is 0 Å². The van der Waals surface area contributed by atoms with Gasteiger partial charge in [0.2, 0.25) is 10.0 Å². The Morgan fingerprint density at radius 1 is 1.24 bits per heavy atom. The number of rotatable bonds is 9. The standard InChI is InChI=1S/C27H33FN4O4S/c1-3-18-16-32-9-10-37(35,36)31(2)24-14-19(13-22(18)26(24)32)27(34)30-23(25(33)15-29-21-7-8-21)12-17-5-4-6-20(28)11-17/h4-6,11,13-14,16,21,23,25,29,33H,3,7-10,12,15H2,1-2H3,(H,30,34)/t23-,25+/m0/s1. The minimum atomic E-state index is -3.54. The van der Waals surface area contributed by atoms with Crippen LogP contribution in [-0.4, -0.2) is 61.5 Å². The zero-order valence-corrected chi connectivity index (χ0v) is 21.9. The summed E-state index contributed by atoms with van der Waals surface area (Å²) in [5.74, 6) is -0.827. The maximum Gasteiger partial charge on any atom is 0.251 e. The van der Waals surface area contributed by atoms with Gasteiger partial charge in [-0.25, -0.2) is 12.8 Å². The number of carbonyl (C=O) groups is 1. The number of nitrogens with zero attached hydrogens (tertiary/aromatic N) is 2. The average molecular weight is 529 g/mol. The number of hydrogen-bond donors (Lipinski definition) is 3. The fourth-order valence-corrected chi connectivity index (χ4v) is 6.13. The molecule has 37 heavy (non-hydrogen) atoms. The second kappa shape index (κ2) is 10.1. The van der Waals surface area contributed by atoms with E-state index in [1.54, 1.807) is 24.3 Å². The molecule has 2 atom stereocenters. The van der Waals surface area contributed by atoms with E-state index in [-0.39, 0.29) is 18.0 Å². The predicted molar refractivity (Wildman–Crippen MR) is 142 cm³/mol. The van der Waals surface area contributed by atoms with Gasteiger partial charge in [-0.15, -0.1) is 0 Å². The Balaban J connectivity index is 1.48. The lowest BCUT2D eigenvalue weighted by atomic mass is 9.99. The molecule has 1 amide bonds. The topological polar surface area (TPSA) is 104 Å². The van der Waals surface area contributed by atoms with Gasteiger partial charge in [-0.1, -0.05) is 19.1 Å². The molecule has 2 aliphatic rings. The fourth-order valence-electron chi connectivity index (χ4n) is 4.99. The number of benzene rings is 2. The van der Waals surface area contributed by atoms with Crippen LogP contribution in [0.5, 0.6) is 0 Å². The maximum absolute atomic E-state index is 13.8. The molecule has 1 fully saturated rings. The summed E-state index contributed by atoms with van der Waals surface area (Å²) in [6.07, 6.45) is 4.17. The maximum atomic E-state index is 13.8. The third kappa shape index (κ3) is 5.37. The van der Waals surface area contributed by atoms with E-state index in [1.807, 2.05) is 17.7 Å². The Kier molecular flexibility index (Phi) is 6.99. The highest BCUT2D eigenvalue weighted by Gasteiger charge is 2.30. The number of aryl methyl sites for hydroxylation is 2. The van der Waals surface area contributed by atoms with E-state index in [0.29, 0.717) is 35.9 Å². The number of aliphatic hydroxyl groups excluding tert-OH is 1. The summed E-state index contributed by atoms with van der Waals surface area (Å²) in [4.78, 5) is 13.6. The molecule has 0 unspecified atom stereocenters. The molecular formula is C27H33FN4O4S. The second-order valence-electron chi connectivity index (χ2n) is 10.0. The van der Waals surface area contributed by atoms with Crippen LogP contribution in [0.1, 0.15) is 41.3 Å². The predicted octanol–water partition coefficient (Wildman–Crippen LogP) is 2.58. The highest BCUT2D eigenvalue weighted by atomic mass is 32.2. The molecule has 0 bridgehead atoms. The Hall–Kier alpha value is -2.95. The van der Waals surface area contributed by atoms with Crippen LogP contribution in [-0.2, 0) is 29.4 Å². The molecule has 3 aromatic rings. The molecule has 10 heteroatoms.